The van der Waals surface area contributed by atoms with Crippen molar-refractivity contribution in [3.63, 3.8) is 0 Å². The molecular formula is C13H19F3N2O. The summed E-state index contributed by atoms with van der Waals surface area (Å²) in [5.74, 6) is 5.41. The van der Waals surface area contributed by atoms with E-state index in [1.54, 1.807) is 13.2 Å². The summed E-state index contributed by atoms with van der Waals surface area (Å²) in [4.78, 5) is 0. The molecule has 6 heteroatoms. The topological polar surface area (TPSA) is 47.3 Å². The Bertz CT molecular complexity index is 382. The molecule has 1 rings (SSSR count). The highest BCUT2D eigenvalue weighted by Gasteiger charge is 2.30. The fourth-order valence-corrected chi connectivity index (χ4v) is 1.88. The van der Waals surface area contributed by atoms with Gasteiger partial charge >= 0.3 is 6.18 Å². The van der Waals surface area contributed by atoms with E-state index in [0.29, 0.717) is 18.6 Å². The number of halogens is 3. The quantitative estimate of drug-likeness (QED) is 0.457. The van der Waals surface area contributed by atoms with Gasteiger partial charge in [-0.25, -0.2) is 0 Å². The number of hydrogen-bond donors (Lipinski definition) is 2. The number of hydrazine groups is 1. The van der Waals surface area contributed by atoms with Gasteiger partial charge in [-0.15, -0.1) is 0 Å². The van der Waals surface area contributed by atoms with Crippen LogP contribution in [0.1, 0.15) is 24.0 Å². The van der Waals surface area contributed by atoms with Crippen LogP contribution in [0.4, 0.5) is 13.2 Å². The predicted octanol–water partition coefficient (Wildman–Crippen LogP) is 2.51. The highest BCUT2D eigenvalue weighted by Crippen LogP contribution is 2.29. The van der Waals surface area contributed by atoms with Crippen molar-refractivity contribution >= 4 is 0 Å². The summed E-state index contributed by atoms with van der Waals surface area (Å²) >= 11 is 0. The highest BCUT2D eigenvalue weighted by molar-refractivity contribution is 5.26. The van der Waals surface area contributed by atoms with E-state index in [-0.39, 0.29) is 6.04 Å². The fraction of sp³-hybridized carbons (Fsp3) is 0.538. The van der Waals surface area contributed by atoms with Crippen LogP contribution in [-0.2, 0) is 17.3 Å². The Morgan fingerprint density at radius 3 is 2.68 bits per heavy atom. The zero-order valence-corrected chi connectivity index (χ0v) is 10.8. The van der Waals surface area contributed by atoms with Gasteiger partial charge < -0.3 is 4.74 Å². The molecule has 0 fully saturated rings. The van der Waals surface area contributed by atoms with Crippen LogP contribution in [0.5, 0.6) is 0 Å². The van der Waals surface area contributed by atoms with E-state index >= 15 is 0 Å². The summed E-state index contributed by atoms with van der Waals surface area (Å²) in [7, 11) is 1.61. The van der Waals surface area contributed by atoms with Gasteiger partial charge in [0.05, 0.1) is 5.56 Å². The normalized spacial score (nSPS) is 13.5. The van der Waals surface area contributed by atoms with Crippen molar-refractivity contribution in [3.05, 3.63) is 35.4 Å². The molecule has 108 valence electrons. The zero-order valence-electron chi connectivity index (χ0n) is 10.8. The first-order valence-electron chi connectivity index (χ1n) is 6.08. The van der Waals surface area contributed by atoms with Gasteiger partial charge in [-0.05, 0) is 30.9 Å². The van der Waals surface area contributed by atoms with E-state index in [2.05, 4.69) is 5.43 Å². The summed E-state index contributed by atoms with van der Waals surface area (Å²) in [5, 5.41) is 0. The fourth-order valence-electron chi connectivity index (χ4n) is 1.88. The number of methoxy groups -OCH3 is 1. The van der Waals surface area contributed by atoms with Crippen LogP contribution in [0.25, 0.3) is 0 Å². The Morgan fingerprint density at radius 2 is 2.11 bits per heavy atom. The molecule has 3 nitrogen and oxygen atoms in total. The monoisotopic (exact) mass is 276 g/mol. The molecule has 1 atom stereocenters. The lowest BCUT2D eigenvalue weighted by atomic mass is 10.0. The van der Waals surface area contributed by atoms with Gasteiger partial charge in [-0.3, -0.25) is 11.3 Å². The second kappa shape index (κ2) is 7.47. The number of benzene rings is 1. The number of rotatable bonds is 7. The minimum atomic E-state index is -4.31. The van der Waals surface area contributed by atoms with E-state index < -0.39 is 11.7 Å². The summed E-state index contributed by atoms with van der Waals surface area (Å²) in [6.45, 7) is 0.612. The van der Waals surface area contributed by atoms with E-state index in [1.165, 1.54) is 12.1 Å². The van der Waals surface area contributed by atoms with Crippen molar-refractivity contribution in [3.8, 4) is 0 Å². The first kappa shape index (κ1) is 15.9. The van der Waals surface area contributed by atoms with Crippen LogP contribution in [0.15, 0.2) is 24.3 Å². The Morgan fingerprint density at radius 1 is 1.37 bits per heavy atom. The molecule has 0 aromatic heterocycles. The van der Waals surface area contributed by atoms with Gasteiger partial charge in [-0.1, -0.05) is 18.2 Å². The number of nitrogens with one attached hydrogen (secondary N) is 1. The van der Waals surface area contributed by atoms with Crippen LogP contribution in [0.2, 0.25) is 0 Å². The molecule has 0 saturated carbocycles. The zero-order chi connectivity index (χ0) is 14.3. The van der Waals surface area contributed by atoms with Gasteiger partial charge in [0.2, 0.25) is 0 Å². The van der Waals surface area contributed by atoms with Crippen molar-refractivity contribution in [2.75, 3.05) is 13.7 Å². The lowest BCUT2D eigenvalue weighted by molar-refractivity contribution is -0.137. The highest BCUT2D eigenvalue weighted by atomic mass is 19.4. The minimum absolute atomic E-state index is 0.0568. The molecule has 0 saturated heterocycles. The Hall–Kier alpha value is -1.11. The summed E-state index contributed by atoms with van der Waals surface area (Å²) in [6, 6.07) is 5.27. The molecule has 1 unspecified atom stereocenters. The Kier molecular flexibility index (Phi) is 6.27. The molecule has 0 radical (unpaired) electrons. The molecule has 0 aliphatic heterocycles. The Balaban J connectivity index is 2.64. The molecule has 0 spiro atoms. The third-order valence-corrected chi connectivity index (χ3v) is 2.87. The van der Waals surface area contributed by atoms with Crippen LogP contribution < -0.4 is 11.3 Å². The van der Waals surface area contributed by atoms with Crippen LogP contribution >= 0.6 is 0 Å². The third-order valence-electron chi connectivity index (χ3n) is 2.87. The van der Waals surface area contributed by atoms with Crippen molar-refractivity contribution in [2.45, 2.75) is 31.5 Å². The first-order valence-corrected chi connectivity index (χ1v) is 6.08. The third kappa shape index (κ3) is 5.59. The van der Waals surface area contributed by atoms with Gasteiger partial charge in [-0.2, -0.15) is 13.2 Å². The van der Waals surface area contributed by atoms with Crippen LogP contribution in [0.3, 0.4) is 0 Å². The van der Waals surface area contributed by atoms with Gasteiger partial charge in [0.1, 0.15) is 0 Å². The molecule has 0 amide bonds. The van der Waals surface area contributed by atoms with E-state index in [4.69, 9.17) is 10.6 Å². The summed E-state index contributed by atoms with van der Waals surface area (Å²) in [5.41, 5.74) is 2.62. The number of ether oxygens (including phenoxy) is 1. The number of hydrogen-bond acceptors (Lipinski definition) is 3. The maximum absolute atomic E-state index is 12.6. The molecule has 0 aliphatic carbocycles. The van der Waals surface area contributed by atoms with Crippen molar-refractivity contribution in [1.82, 2.24) is 5.43 Å². The molecule has 3 N–H and O–H groups in total. The molecule has 19 heavy (non-hydrogen) atoms. The maximum Gasteiger partial charge on any atom is 0.416 e. The second-order valence-corrected chi connectivity index (χ2v) is 4.40. The standard InChI is InChI=1S/C13H19F3N2O/c1-19-7-3-6-12(18-17)9-10-4-2-5-11(8-10)13(14,15)16/h2,4-5,8,12,18H,3,6-7,9,17H2,1H3. The van der Waals surface area contributed by atoms with E-state index in [9.17, 15) is 13.2 Å². The van der Waals surface area contributed by atoms with Gasteiger partial charge in [0.25, 0.3) is 0 Å². The largest absolute Gasteiger partial charge is 0.416 e. The lowest BCUT2D eigenvalue weighted by Crippen LogP contribution is -2.37. The summed E-state index contributed by atoms with van der Waals surface area (Å²) < 4.78 is 42.7. The van der Waals surface area contributed by atoms with Crippen molar-refractivity contribution in [1.29, 1.82) is 0 Å². The molecule has 1 aromatic carbocycles. The lowest BCUT2D eigenvalue weighted by Gasteiger charge is -2.16. The molecular weight excluding hydrogens is 257 g/mol. The summed E-state index contributed by atoms with van der Waals surface area (Å²) in [6.07, 6.45) is -2.28. The maximum atomic E-state index is 12.6. The van der Waals surface area contributed by atoms with Gasteiger partial charge in [0.15, 0.2) is 0 Å². The van der Waals surface area contributed by atoms with Crippen LogP contribution in [-0.4, -0.2) is 19.8 Å². The van der Waals surface area contributed by atoms with Crippen molar-refractivity contribution in [2.24, 2.45) is 5.84 Å². The molecule has 0 heterocycles. The molecule has 0 aliphatic rings. The molecule has 1 aromatic rings. The number of alkyl halides is 3. The Labute approximate surface area is 110 Å². The SMILES string of the molecule is COCCCC(Cc1cccc(C(F)(F)F)c1)NN. The van der Waals surface area contributed by atoms with Crippen LogP contribution in [0, 0.1) is 0 Å². The average Bonchev–Trinajstić information content (AvgIpc) is 2.37. The second-order valence-electron chi connectivity index (χ2n) is 4.40. The smallest absolute Gasteiger partial charge is 0.385 e. The molecule has 0 bridgehead atoms. The van der Waals surface area contributed by atoms with Gasteiger partial charge in [0, 0.05) is 19.8 Å². The predicted molar refractivity (Wildman–Crippen MR) is 67.4 cm³/mol. The minimum Gasteiger partial charge on any atom is -0.385 e. The van der Waals surface area contributed by atoms with E-state index in [0.717, 1.165) is 18.9 Å². The van der Waals surface area contributed by atoms with Crippen molar-refractivity contribution < 1.29 is 17.9 Å². The average molecular weight is 276 g/mol. The van der Waals surface area contributed by atoms with E-state index in [1.807, 2.05) is 0 Å². The first-order chi connectivity index (χ1) is 8.97. The number of nitrogens with two attached hydrogens (primary N) is 1.